The summed E-state index contributed by atoms with van der Waals surface area (Å²) in [5, 5.41) is 0. The quantitative estimate of drug-likeness (QED) is 0.674. The fourth-order valence-electron chi connectivity index (χ4n) is 1.51. The van der Waals surface area contributed by atoms with Crippen molar-refractivity contribution >= 4 is 21.4 Å². The highest BCUT2D eigenvalue weighted by Gasteiger charge is 2.21. The molecule has 112 valence electrons. The predicted molar refractivity (Wildman–Crippen MR) is 67.9 cm³/mol. The van der Waals surface area contributed by atoms with Gasteiger partial charge in [0.1, 0.15) is 17.3 Å². The van der Waals surface area contributed by atoms with Gasteiger partial charge in [0.15, 0.2) is 11.6 Å². The molecule has 0 atom stereocenters. The Morgan fingerprint density at radius 1 is 0.905 bits per heavy atom. The zero-order valence-electron chi connectivity index (χ0n) is 10.2. The van der Waals surface area contributed by atoms with Crippen LogP contribution in [-0.2, 0) is 10.0 Å². The molecule has 0 heterocycles. The lowest BCUT2D eigenvalue weighted by molar-refractivity contribution is 0.547. The lowest BCUT2D eigenvalue weighted by atomic mass is 10.3. The smallest absolute Gasteiger partial charge is 0.262 e. The van der Waals surface area contributed by atoms with E-state index in [1.54, 1.807) is 4.72 Å². The monoisotopic (exact) mass is 320 g/mol. The maximum atomic E-state index is 13.4. The molecule has 0 spiro atoms. The second-order valence-electron chi connectivity index (χ2n) is 4.03. The zero-order chi connectivity index (χ0) is 15.8. The molecule has 0 aliphatic carbocycles. The topological polar surface area (TPSA) is 72.2 Å². The van der Waals surface area contributed by atoms with Gasteiger partial charge in [0.2, 0.25) is 0 Å². The Hall–Kier alpha value is -2.29. The Morgan fingerprint density at radius 3 is 2.00 bits per heavy atom. The van der Waals surface area contributed by atoms with Crippen LogP contribution in [0.5, 0.6) is 0 Å². The lowest BCUT2D eigenvalue weighted by Crippen LogP contribution is -2.16. The van der Waals surface area contributed by atoms with Gasteiger partial charge in [0.25, 0.3) is 10.0 Å². The summed E-state index contributed by atoms with van der Waals surface area (Å²) < 4.78 is 78.2. The van der Waals surface area contributed by atoms with E-state index in [4.69, 9.17) is 5.73 Å². The number of rotatable bonds is 3. The molecule has 0 aromatic heterocycles. The Morgan fingerprint density at radius 2 is 1.48 bits per heavy atom. The van der Waals surface area contributed by atoms with Crippen LogP contribution in [0.4, 0.5) is 28.9 Å². The van der Waals surface area contributed by atoms with Crippen molar-refractivity contribution in [3.05, 3.63) is 53.6 Å². The molecule has 2 rings (SSSR count). The van der Waals surface area contributed by atoms with Crippen LogP contribution in [0.2, 0.25) is 0 Å². The summed E-state index contributed by atoms with van der Waals surface area (Å²) in [5.41, 5.74) is 3.85. The van der Waals surface area contributed by atoms with E-state index in [-0.39, 0.29) is 5.69 Å². The number of nitrogens with two attached hydrogens (primary N) is 1. The van der Waals surface area contributed by atoms with Gasteiger partial charge in [-0.1, -0.05) is 0 Å². The van der Waals surface area contributed by atoms with Crippen molar-refractivity contribution in [3.63, 3.8) is 0 Å². The molecule has 2 aromatic rings. The number of hydrogen-bond acceptors (Lipinski definition) is 3. The van der Waals surface area contributed by atoms with Gasteiger partial charge in [-0.15, -0.1) is 0 Å². The third-order valence-corrected chi connectivity index (χ3v) is 3.87. The van der Waals surface area contributed by atoms with Crippen molar-refractivity contribution in [3.8, 4) is 0 Å². The molecule has 0 saturated carbocycles. The van der Waals surface area contributed by atoms with Gasteiger partial charge >= 0.3 is 0 Å². The highest BCUT2D eigenvalue weighted by molar-refractivity contribution is 7.92. The second kappa shape index (κ2) is 5.24. The second-order valence-corrected chi connectivity index (χ2v) is 5.72. The van der Waals surface area contributed by atoms with Crippen LogP contribution in [-0.4, -0.2) is 8.42 Å². The zero-order valence-corrected chi connectivity index (χ0v) is 11.0. The SMILES string of the molecule is Nc1ccc(S(=O)(=O)Nc2c(F)cc(F)cc2F)cc1F. The van der Waals surface area contributed by atoms with Crippen LogP contribution in [0.25, 0.3) is 0 Å². The molecule has 4 nitrogen and oxygen atoms in total. The van der Waals surface area contributed by atoms with Crippen LogP contribution >= 0.6 is 0 Å². The van der Waals surface area contributed by atoms with Gasteiger partial charge in [-0.2, -0.15) is 0 Å². The number of sulfonamides is 1. The maximum absolute atomic E-state index is 13.4. The molecule has 0 unspecified atom stereocenters. The van der Waals surface area contributed by atoms with Gasteiger partial charge in [-0.3, -0.25) is 4.72 Å². The summed E-state index contributed by atoms with van der Waals surface area (Å²) >= 11 is 0. The number of hydrogen-bond donors (Lipinski definition) is 2. The Balaban J connectivity index is 2.44. The minimum absolute atomic E-state index is 0.284. The fraction of sp³-hybridized carbons (Fsp3) is 0. The minimum atomic E-state index is -4.46. The van der Waals surface area contributed by atoms with E-state index < -0.39 is 43.9 Å². The van der Waals surface area contributed by atoms with E-state index in [9.17, 15) is 26.0 Å². The highest BCUT2D eigenvalue weighted by Crippen LogP contribution is 2.24. The van der Waals surface area contributed by atoms with E-state index in [1.807, 2.05) is 0 Å². The maximum Gasteiger partial charge on any atom is 0.262 e. The molecular weight excluding hydrogens is 312 g/mol. The van der Waals surface area contributed by atoms with Crippen molar-refractivity contribution in [2.24, 2.45) is 0 Å². The number of halogens is 4. The Labute approximate surface area is 117 Å². The van der Waals surface area contributed by atoms with E-state index >= 15 is 0 Å². The van der Waals surface area contributed by atoms with Crippen molar-refractivity contribution in [2.75, 3.05) is 10.5 Å². The molecule has 0 fully saturated rings. The molecule has 0 aliphatic heterocycles. The van der Waals surface area contributed by atoms with Crippen molar-refractivity contribution < 1.29 is 26.0 Å². The molecule has 0 bridgehead atoms. The van der Waals surface area contributed by atoms with Crippen LogP contribution in [0.1, 0.15) is 0 Å². The predicted octanol–water partition coefficient (Wildman–Crippen LogP) is 2.63. The summed E-state index contributed by atoms with van der Waals surface area (Å²) in [4.78, 5) is -0.586. The van der Waals surface area contributed by atoms with Crippen LogP contribution in [0.3, 0.4) is 0 Å². The molecule has 0 saturated heterocycles. The molecule has 9 heteroatoms. The standard InChI is InChI=1S/C12H8F4N2O2S/c13-6-3-9(15)12(10(16)4-6)18-21(19,20)7-1-2-11(17)8(14)5-7/h1-5,18H,17H2. The van der Waals surface area contributed by atoms with Gasteiger partial charge in [-0.05, 0) is 18.2 Å². The van der Waals surface area contributed by atoms with Crippen LogP contribution in [0, 0.1) is 23.3 Å². The lowest BCUT2D eigenvalue weighted by Gasteiger charge is -2.10. The molecule has 3 N–H and O–H groups in total. The van der Waals surface area contributed by atoms with Crippen LogP contribution in [0.15, 0.2) is 35.2 Å². The summed E-state index contributed by atoms with van der Waals surface area (Å²) in [6, 6.07) is 3.16. The van der Waals surface area contributed by atoms with E-state index in [2.05, 4.69) is 0 Å². The van der Waals surface area contributed by atoms with E-state index in [0.717, 1.165) is 12.1 Å². The molecule has 0 aliphatic rings. The van der Waals surface area contributed by atoms with Gasteiger partial charge in [-0.25, -0.2) is 26.0 Å². The van der Waals surface area contributed by atoms with Crippen molar-refractivity contribution in [1.29, 1.82) is 0 Å². The normalized spacial score (nSPS) is 11.4. The van der Waals surface area contributed by atoms with E-state index in [0.29, 0.717) is 18.2 Å². The third kappa shape index (κ3) is 3.07. The van der Waals surface area contributed by atoms with Gasteiger partial charge < -0.3 is 5.73 Å². The highest BCUT2D eigenvalue weighted by atomic mass is 32.2. The van der Waals surface area contributed by atoms with Gasteiger partial charge in [0, 0.05) is 12.1 Å². The van der Waals surface area contributed by atoms with Crippen LogP contribution < -0.4 is 10.5 Å². The first-order valence-corrected chi connectivity index (χ1v) is 6.91. The van der Waals surface area contributed by atoms with E-state index in [1.165, 1.54) is 0 Å². The Kier molecular flexibility index (Phi) is 3.77. The summed E-state index contributed by atoms with van der Waals surface area (Å²) in [5.74, 6) is -5.08. The fourth-order valence-corrected chi connectivity index (χ4v) is 2.60. The largest absolute Gasteiger partial charge is 0.396 e. The first-order chi connectivity index (χ1) is 9.70. The molecule has 0 amide bonds. The Bertz CT molecular complexity index is 786. The molecule has 21 heavy (non-hydrogen) atoms. The number of nitrogen functional groups attached to an aromatic ring is 1. The summed E-state index contributed by atoms with van der Waals surface area (Å²) in [6.45, 7) is 0. The van der Waals surface area contributed by atoms with Crippen molar-refractivity contribution in [2.45, 2.75) is 4.90 Å². The summed E-state index contributed by atoms with van der Waals surface area (Å²) in [7, 11) is -4.46. The molecule has 0 radical (unpaired) electrons. The number of nitrogens with one attached hydrogen (secondary N) is 1. The molecule has 2 aromatic carbocycles. The minimum Gasteiger partial charge on any atom is -0.396 e. The number of benzene rings is 2. The molecular formula is C12H8F4N2O2S. The van der Waals surface area contributed by atoms with Gasteiger partial charge in [0.05, 0.1) is 10.6 Å². The first kappa shape index (κ1) is 15.1. The third-order valence-electron chi connectivity index (χ3n) is 2.53. The number of anilines is 2. The first-order valence-electron chi connectivity index (χ1n) is 5.43. The average Bonchev–Trinajstić information content (AvgIpc) is 2.37. The summed E-state index contributed by atoms with van der Waals surface area (Å²) in [6.07, 6.45) is 0. The average molecular weight is 320 g/mol. The van der Waals surface area contributed by atoms with Crippen molar-refractivity contribution in [1.82, 2.24) is 0 Å².